The smallest absolute Gasteiger partial charge is 0.258 e. The van der Waals surface area contributed by atoms with Gasteiger partial charge in [0.2, 0.25) is 0 Å². The topological polar surface area (TPSA) is 56.8 Å². The minimum atomic E-state index is -0.178. The van der Waals surface area contributed by atoms with E-state index in [2.05, 4.69) is 12.2 Å². The van der Waals surface area contributed by atoms with E-state index in [1.807, 2.05) is 36.4 Å². The van der Waals surface area contributed by atoms with Crippen molar-refractivity contribution in [2.45, 2.75) is 19.9 Å². The number of nitrogens with one attached hydrogen (secondary N) is 1. The molecule has 0 aliphatic heterocycles. The van der Waals surface area contributed by atoms with Crippen LogP contribution in [0.25, 0.3) is 0 Å². The summed E-state index contributed by atoms with van der Waals surface area (Å²) in [7, 11) is 3.19. The molecule has 2 aromatic rings. The highest BCUT2D eigenvalue weighted by Crippen LogP contribution is 2.22. The largest absolute Gasteiger partial charge is 0.497 e. The zero-order chi connectivity index (χ0) is 17.4. The van der Waals surface area contributed by atoms with E-state index in [4.69, 9.17) is 14.2 Å². The highest BCUT2D eigenvalue weighted by molar-refractivity contribution is 5.77. The molecule has 24 heavy (non-hydrogen) atoms. The monoisotopic (exact) mass is 329 g/mol. The molecule has 1 amide bonds. The Bertz CT molecular complexity index is 663. The molecule has 0 spiro atoms. The lowest BCUT2D eigenvalue weighted by Crippen LogP contribution is -2.28. The van der Waals surface area contributed by atoms with Crippen molar-refractivity contribution >= 4 is 5.91 Å². The molecule has 5 nitrogen and oxygen atoms in total. The highest BCUT2D eigenvalue weighted by atomic mass is 16.5. The Balaban J connectivity index is 1.89. The maximum atomic E-state index is 12.0. The van der Waals surface area contributed by atoms with Gasteiger partial charge in [-0.25, -0.2) is 0 Å². The minimum Gasteiger partial charge on any atom is -0.497 e. The molecule has 0 aliphatic carbocycles. The predicted molar refractivity (Wildman–Crippen MR) is 92.7 cm³/mol. The summed E-state index contributed by atoms with van der Waals surface area (Å²) >= 11 is 0. The number of para-hydroxylation sites is 1. The molecule has 2 aromatic carbocycles. The molecule has 2 rings (SSSR count). The van der Waals surface area contributed by atoms with Crippen molar-refractivity contribution in [1.82, 2.24) is 5.32 Å². The van der Waals surface area contributed by atoms with Gasteiger partial charge in [-0.05, 0) is 35.7 Å². The third-order valence-corrected chi connectivity index (χ3v) is 3.61. The number of benzene rings is 2. The second-order valence-corrected chi connectivity index (χ2v) is 5.25. The minimum absolute atomic E-state index is 0.0158. The van der Waals surface area contributed by atoms with E-state index in [9.17, 15) is 4.79 Å². The van der Waals surface area contributed by atoms with Gasteiger partial charge in [-0.15, -0.1) is 0 Å². The van der Waals surface area contributed by atoms with Crippen LogP contribution in [-0.4, -0.2) is 26.7 Å². The molecule has 0 saturated carbocycles. The van der Waals surface area contributed by atoms with Gasteiger partial charge in [0.05, 0.1) is 14.2 Å². The van der Waals surface area contributed by atoms with Crippen molar-refractivity contribution in [3.63, 3.8) is 0 Å². The summed E-state index contributed by atoms with van der Waals surface area (Å²) in [6, 6.07) is 13.2. The second kappa shape index (κ2) is 8.82. The van der Waals surface area contributed by atoms with Crippen LogP contribution in [0.3, 0.4) is 0 Å². The van der Waals surface area contributed by atoms with Crippen molar-refractivity contribution in [2.75, 3.05) is 20.8 Å². The number of amides is 1. The van der Waals surface area contributed by atoms with E-state index in [0.717, 1.165) is 23.3 Å². The summed E-state index contributed by atoms with van der Waals surface area (Å²) in [5.41, 5.74) is 1.98. The number of ether oxygens (including phenoxy) is 3. The highest BCUT2D eigenvalue weighted by Gasteiger charge is 2.07. The first-order valence-corrected chi connectivity index (χ1v) is 7.85. The number of hydrogen-bond acceptors (Lipinski definition) is 4. The lowest BCUT2D eigenvalue weighted by molar-refractivity contribution is -0.123. The molecule has 0 saturated heterocycles. The Morgan fingerprint density at radius 3 is 2.33 bits per heavy atom. The average Bonchev–Trinajstić information content (AvgIpc) is 2.64. The van der Waals surface area contributed by atoms with Crippen LogP contribution in [0.2, 0.25) is 0 Å². The Morgan fingerprint density at radius 2 is 1.71 bits per heavy atom. The molecule has 0 atom stereocenters. The molecule has 1 N–H and O–H groups in total. The van der Waals surface area contributed by atoms with Crippen LogP contribution in [0.1, 0.15) is 18.1 Å². The fraction of sp³-hybridized carbons (Fsp3) is 0.316. The summed E-state index contributed by atoms with van der Waals surface area (Å²) in [5.74, 6) is 1.94. The molecule has 0 fully saturated rings. The lowest BCUT2D eigenvalue weighted by atomic mass is 10.1. The van der Waals surface area contributed by atoms with E-state index >= 15 is 0 Å². The first-order valence-electron chi connectivity index (χ1n) is 7.85. The fourth-order valence-corrected chi connectivity index (χ4v) is 2.30. The van der Waals surface area contributed by atoms with Crippen LogP contribution < -0.4 is 19.5 Å². The molecule has 0 heterocycles. The van der Waals surface area contributed by atoms with E-state index < -0.39 is 0 Å². The fourth-order valence-electron chi connectivity index (χ4n) is 2.30. The Labute approximate surface area is 142 Å². The van der Waals surface area contributed by atoms with Crippen LogP contribution in [0.5, 0.6) is 17.2 Å². The van der Waals surface area contributed by atoms with Gasteiger partial charge in [-0.3, -0.25) is 4.79 Å². The van der Waals surface area contributed by atoms with Crippen molar-refractivity contribution in [2.24, 2.45) is 0 Å². The van der Waals surface area contributed by atoms with Gasteiger partial charge in [-0.1, -0.05) is 25.1 Å². The summed E-state index contributed by atoms with van der Waals surface area (Å²) < 4.78 is 16.0. The maximum absolute atomic E-state index is 12.0. The predicted octanol–water partition coefficient (Wildman–Crippen LogP) is 2.96. The first-order chi connectivity index (χ1) is 11.7. The molecular formula is C19H23NO4. The molecule has 0 radical (unpaired) electrons. The van der Waals surface area contributed by atoms with Crippen molar-refractivity contribution < 1.29 is 19.0 Å². The molecule has 5 heteroatoms. The van der Waals surface area contributed by atoms with Crippen LogP contribution >= 0.6 is 0 Å². The molecule has 0 unspecified atom stereocenters. The molecule has 0 aromatic heterocycles. The zero-order valence-corrected chi connectivity index (χ0v) is 14.3. The van der Waals surface area contributed by atoms with Crippen molar-refractivity contribution in [1.29, 1.82) is 0 Å². The van der Waals surface area contributed by atoms with Gasteiger partial charge in [0.25, 0.3) is 5.91 Å². The van der Waals surface area contributed by atoms with E-state index in [1.165, 1.54) is 0 Å². The van der Waals surface area contributed by atoms with Crippen LogP contribution in [-0.2, 0) is 17.8 Å². The third-order valence-electron chi connectivity index (χ3n) is 3.61. The number of carbonyl (C=O) groups excluding carboxylic acids is 1. The number of carbonyl (C=O) groups is 1. The second-order valence-electron chi connectivity index (χ2n) is 5.25. The normalized spacial score (nSPS) is 10.1. The molecule has 128 valence electrons. The molecule has 0 bridgehead atoms. The number of methoxy groups -OCH3 is 2. The van der Waals surface area contributed by atoms with Gasteiger partial charge in [-0.2, -0.15) is 0 Å². The number of hydrogen-bond donors (Lipinski definition) is 1. The van der Waals surface area contributed by atoms with Gasteiger partial charge in [0.1, 0.15) is 17.2 Å². The summed E-state index contributed by atoms with van der Waals surface area (Å²) in [6.45, 7) is 2.42. The number of aryl methyl sites for hydroxylation is 1. The Morgan fingerprint density at radius 1 is 1.04 bits per heavy atom. The van der Waals surface area contributed by atoms with Crippen molar-refractivity contribution in [3.8, 4) is 17.2 Å². The van der Waals surface area contributed by atoms with Gasteiger partial charge < -0.3 is 19.5 Å². The third kappa shape index (κ3) is 4.91. The first kappa shape index (κ1) is 17.7. The average molecular weight is 329 g/mol. The van der Waals surface area contributed by atoms with Crippen LogP contribution in [0.4, 0.5) is 0 Å². The summed E-state index contributed by atoms with van der Waals surface area (Å²) in [5, 5.41) is 2.83. The van der Waals surface area contributed by atoms with Gasteiger partial charge in [0.15, 0.2) is 6.61 Å². The van der Waals surface area contributed by atoms with Crippen LogP contribution in [0, 0.1) is 0 Å². The maximum Gasteiger partial charge on any atom is 0.258 e. The Kier molecular flexibility index (Phi) is 6.49. The Hall–Kier alpha value is -2.69. The SMILES string of the molecule is CCc1ccccc1OCC(=O)NCc1cc(OC)cc(OC)c1. The van der Waals surface area contributed by atoms with Crippen molar-refractivity contribution in [3.05, 3.63) is 53.6 Å². The van der Waals surface area contributed by atoms with E-state index in [0.29, 0.717) is 18.0 Å². The molecule has 0 aliphatic rings. The summed E-state index contributed by atoms with van der Waals surface area (Å²) in [6.07, 6.45) is 0.862. The van der Waals surface area contributed by atoms with Crippen LogP contribution in [0.15, 0.2) is 42.5 Å². The van der Waals surface area contributed by atoms with E-state index in [1.54, 1.807) is 20.3 Å². The summed E-state index contributed by atoms with van der Waals surface area (Å²) in [4.78, 5) is 12.0. The quantitative estimate of drug-likeness (QED) is 0.809. The molecular weight excluding hydrogens is 306 g/mol. The number of rotatable bonds is 8. The van der Waals surface area contributed by atoms with Gasteiger partial charge in [0, 0.05) is 12.6 Å². The zero-order valence-electron chi connectivity index (χ0n) is 14.3. The lowest BCUT2D eigenvalue weighted by Gasteiger charge is -2.11. The van der Waals surface area contributed by atoms with Gasteiger partial charge >= 0.3 is 0 Å². The standard InChI is InChI=1S/C19H23NO4/c1-4-15-7-5-6-8-18(15)24-13-19(21)20-12-14-9-16(22-2)11-17(10-14)23-3/h5-11H,4,12-13H2,1-3H3,(H,20,21). The van der Waals surface area contributed by atoms with E-state index in [-0.39, 0.29) is 12.5 Å².